The number of aryl methyl sites for hydroxylation is 2. The Labute approximate surface area is 244 Å². The van der Waals surface area contributed by atoms with Gasteiger partial charge in [0, 0.05) is 57.7 Å². The molecule has 3 heterocycles. The van der Waals surface area contributed by atoms with E-state index in [-0.39, 0.29) is 11.5 Å². The van der Waals surface area contributed by atoms with Crippen molar-refractivity contribution in [3.05, 3.63) is 88.2 Å². The number of benzene rings is 3. The fourth-order valence-corrected chi connectivity index (χ4v) is 5.04. The van der Waals surface area contributed by atoms with Gasteiger partial charge in [-0.15, -0.1) is 0 Å². The monoisotopic (exact) mass is 575 g/mol. The van der Waals surface area contributed by atoms with Gasteiger partial charge >= 0.3 is 5.97 Å². The highest BCUT2D eigenvalue weighted by molar-refractivity contribution is 6.33. The second kappa shape index (κ2) is 12.7. The zero-order valence-electron chi connectivity index (χ0n) is 23.3. The molecule has 2 aliphatic heterocycles. The molecule has 0 bridgehead atoms. The first kappa shape index (κ1) is 28.6. The SMILES string of the molecule is C1COC1.Cc1ccc(Nc2cccc(C(=O)N3CCN(Cc4nc5ccc(C(=O)O)cc5n4C)CC3)c2)c(Cl)c1. The molecular weight excluding hydrogens is 542 g/mol. The van der Waals surface area contributed by atoms with E-state index in [9.17, 15) is 14.7 Å². The predicted molar refractivity (Wildman–Crippen MR) is 160 cm³/mol. The van der Waals surface area contributed by atoms with Crippen molar-refractivity contribution in [2.24, 2.45) is 7.05 Å². The first-order valence-corrected chi connectivity index (χ1v) is 14.1. The molecule has 2 fully saturated rings. The molecule has 0 spiro atoms. The number of hydrogen-bond acceptors (Lipinski definition) is 6. The van der Waals surface area contributed by atoms with Crippen molar-refractivity contribution < 1.29 is 19.4 Å². The average Bonchev–Trinajstić information content (AvgIpc) is 3.23. The number of piperazine rings is 1. The maximum absolute atomic E-state index is 13.2. The third-order valence-corrected chi connectivity index (χ3v) is 7.65. The van der Waals surface area contributed by atoms with Gasteiger partial charge in [0.05, 0.1) is 33.9 Å². The summed E-state index contributed by atoms with van der Waals surface area (Å²) in [6, 6.07) is 18.3. The van der Waals surface area contributed by atoms with Gasteiger partial charge in [0.15, 0.2) is 0 Å². The number of anilines is 2. The van der Waals surface area contributed by atoms with Crippen LogP contribution in [-0.2, 0) is 18.3 Å². The number of carbonyl (C=O) groups excluding carboxylic acids is 1. The number of fused-ring (bicyclic) bond motifs is 1. The summed E-state index contributed by atoms with van der Waals surface area (Å²) < 4.78 is 6.66. The van der Waals surface area contributed by atoms with E-state index in [0.717, 1.165) is 60.1 Å². The molecule has 0 unspecified atom stereocenters. The predicted octanol–water partition coefficient (Wildman–Crippen LogP) is 5.34. The van der Waals surface area contributed by atoms with Gasteiger partial charge in [0.25, 0.3) is 5.91 Å². The molecule has 0 aliphatic carbocycles. The normalized spacial score (nSPS) is 15.1. The Morgan fingerprint density at radius 1 is 1.00 bits per heavy atom. The van der Waals surface area contributed by atoms with Gasteiger partial charge < -0.3 is 24.6 Å². The highest BCUT2D eigenvalue weighted by atomic mass is 35.5. The minimum absolute atomic E-state index is 0.00207. The fraction of sp³-hybridized carbons (Fsp3) is 0.323. The van der Waals surface area contributed by atoms with E-state index in [0.29, 0.717) is 30.2 Å². The second-order valence-corrected chi connectivity index (χ2v) is 10.7. The van der Waals surface area contributed by atoms with Gasteiger partial charge in [-0.2, -0.15) is 0 Å². The van der Waals surface area contributed by atoms with E-state index in [4.69, 9.17) is 21.3 Å². The standard InChI is InChI=1S/C28H28ClN5O3.C3H6O/c1-18-6-8-23(22(29)14-18)30-21-5-3-4-19(15-21)27(35)34-12-10-33(11-13-34)17-26-31-24-9-7-20(28(36)37)16-25(24)32(26)2;1-2-4-3-1/h3-9,14-16,30H,10-13,17H2,1-2H3,(H,36,37);1-3H2. The molecule has 9 nitrogen and oxygen atoms in total. The highest BCUT2D eigenvalue weighted by Crippen LogP contribution is 2.27. The van der Waals surface area contributed by atoms with Crippen molar-refractivity contribution in [2.75, 3.05) is 44.7 Å². The van der Waals surface area contributed by atoms with Crippen LogP contribution in [0.1, 0.15) is 38.5 Å². The molecule has 2 N–H and O–H groups in total. The summed E-state index contributed by atoms with van der Waals surface area (Å²) in [7, 11) is 1.90. The van der Waals surface area contributed by atoms with E-state index in [1.54, 1.807) is 18.2 Å². The summed E-state index contributed by atoms with van der Waals surface area (Å²) in [6.45, 7) is 7.32. The van der Waals surface area contributed by atoms with Crippen molar-refractivity contribution in [2.45, 2.75) is 19.9 Å². The van der Waals surface area contributed by atoms with Gasteiger partial charge in [-0.3, -0.25) is 9.69 Å². The van der Waals surface area contributed by atoms with E-state index >= 15 is 0 Å². The number of carbonyl (C=O) groups is 2. The van der Waals surface area contributed by atoms with Crippen LogP contribution in [0, 0.1) is 6.92 Å². The number of carboxylic acids is 1. The number of carboxylic acid groups (broad SMARTS) is 1. The maximum atomic E-state index is 13.2. The van der Waals surface area contributed by atoms with Gasteiger partial charge in [-0.05, 0) is 67.4 Å². The molecule has 0 radical (unpaired) electrons. The van der Waals surface area contributed by atoms with Crippen LogP contribution in [0.4, 0.5) is 11.4 Å². The van der Waals surface area contributed by atoms with Crippen molar-refractivity contribution in [3.8, 4) is 0 Å². The molecule has 1 amide bonds. The highest BCUT2D eigenvalue weighted by Gasteiger charge is 2.24. The van der Waals surface area contributed by atoms with Crippen LogP contribution in [0.25, 0.3) is 11.0 Å². The Hall–Kier alpha value is -3.92. The lowest BCUT2D eigenvalue weighted by molar-refractivity contribution is 0.0367. The molecule has 2 aliphatic rings. The lowest BCUT2D eigenvalue weighted by Gasteiger charge is -2.34. The van der Waals surface area contributed by atoms with Crippen molar-refractivity contribution in [1.29, 1.82) is 0 Å². The fourth-order valence-electron chi connectivity index (χ4n) is 4.76. The zero-order chi connectivity index (χ0) is 28.9. The molecule has 214 valence electrons. The van der Waals surface area contributed by atoms with E-state index in [2.05, 4.69) is 10.2 Å². The van der Waals surface area contributed by atoms with Gasteiger partial charge in [0.2, 0.25) is 0 Å². The second-order valence-electron chi connectivity index (χ2n) is 10.3. The first-order chi connectivity index (χ1) is 19.8. The summed E-state index contributed by atoms with van der Waals surface area (Å²) in [5.41, 5.74) is 5.14. The lowest BCUT2D eigenvalue weighted by Crippen LogP contribution is -2.48. The molecule has 1 aromatic heterocycles. The van der Waals surface area contributed by atoms with Crippen LogP contribution in [0.15, 0.2) is 60.7 Å². The Morgan fingerprint density at radius 2 is 1.73 bits per heavy atom. The third kappa shape index (κ3) is 6.87. The number of rotatable bonds is 6. The van der Waals surface area contributed by atoms with Crippen LogP contribution in [-0.4, -0.2) is 75.7 Å². The molecule has 6 rings (SSSR count). The average molecular weight is 576 g/mol. The molecule has 0 saturated carbocycles. The Kier molecular flexibility index (Phi) is 8.87. The maximum Gasteiger partial charge on any atom is 0.335 e. The zero-order valence-corrected chi connectivity index (χ0v) is 24.0. The largest absolute Gasteiger partial charge is 0.478 e. The van der Waals surface area contributed by atoms with E-state index in [1.165, 1.54) is 6.42 Å². The van der Waals surface area contributed by atoms with Crippen molar-refractivity contribution in [1.82, 2.24) is 19.4 Å². The lowest BCUT2D eigenvalue weighted by atomic mass is 10.1. The number of aromatic carboxylic acids is 1. The number of aromatic nitrogens is 2. The number of halogens is 1. The molecule has 0 atom stereocenters. The molecule has 3 aromatic carbocycles. The van der Waals surface area contributed by atoms with Gasteiger partial charge in [0.1, 0.15) is 5.82 Å². The number of nitrogens with one attached hydrogen (secondary N) is 1. The minimum atomic E-state index is -0.953. The van der Waals surface area contributed by atoms with Crippen LogP contribution >= 0.6 is 11.6 Å². The summed E-state index contributed by atoms with van der Waals surface area (Å²) in [4.78, 5) is 33.4. The summed E-state index contributed by atoms with van der Waals surface area (Å²) in [5, 5.41) is 13.2. The Balaban J connectivity index is 0.000000777. The summed E-state index contributed by atoms with van der Waals surface area (Å²) in [5.74, 6) is -0.0844. The summed E-state index contributed by atoms with van der Waals surface area (Å²) >= 11 is 6.36. The van der Waals surface area contributed by atoms with Crippen LogP contribution in [0.2, 0.25) is 5.02 Å². The summed E-state index contributed by atoms with van der Waals surface area (Å²) in [6.07, 6.45) is 1.28. The van der Waals surface area contributed by atoms with Crippen LogP contribution in [0.3, 0.4) is 0 Å². The number of nitrogens with zero attached hydrogens (tertiary/aromatic N) is 4. The molecule has 2 saturated heterocycles. The smallest absolute Gasteiger partial charge is 0.335 e. The number of imidazole rings is 1. The van der Waals surface area contributed by atoms with Crippen LogP contribution < -0.4 is 5.32 Å². The number of ether oxygens (including phenoxy) is 1. The molecular formula is C31H34ClN5O4. The van der Waals surface area contributed by atoms with E-state index < -0.39 is 5.97 Å². The van der Waals surface area contributed by atoms with Gasteiger partial charge in [-0.1, -0.05) is 23.7 Å². The Morgan fingerprint density at radius 3 is 2.39 bits per heavy atom. The quantitative estimate of drug-likeness (QED) is 0.320. The molecule has 4 aromatic rings. The van der Waals surface area contributed by atoms with Crippen LogP contribution in [0.5, 0.6) is 0 Å². The van der Waals surface area contributed by atoms with E-state index in [1.807, 2.05) is 65.9 Å². The molecule has 41 heavy (non-hydrogen) atoms. The van der Waals surface area contributed by atoms with Crippen molar-refractivity contribution in [3.63, 3.8) is 0 Å². The van der Waals surface area contributed by atoms with Gasteiger partial charge in [-0.25, -0.2) is 9.78 Å². The van der Waals surface area contributed by atoms with Crippen molar-refractivity contribution >= 4 is 45.9 Å². The third-order valence-electron chi connectivity index (χ3n) is 7.34. The first-order valence-electron chi connectivity index (χ1n) is 13.7. The minimum Gasteiger partial charge on any atom is -0.478 e. The number of amides is 1. The topological polar surface area (TPSA) is 99.9 Å². The number of hydrogen-bond donors (Lipinski definition) is 2. The molecule has 10 heteroatoms. The Bertz CT molecular complexity index is 1550.